The van der Waals surface area contributed by atoms with E-state index in [1.807, 2.05) is 0 Å². The van der Waals surface area contributed by atoms with Gasteiger partial charge in [0.25, 0.3) is 0 Å². The highest BCUT2D eigenvalue weighted by molar-refractivity contribution is 6.38. The maximum atomic E-state index is 13.2. The first-order valence-electron chi connectivity index (χ1n) is 8.52. The third-order valence-corrected chi connectivity index (χ3v) is 5.31. The van der Waals surface area contributed by atoms with Crippen LogP contribution in [-0.4, -0.2) is 23.1 Å². The quantitative estimate of drug-likeness (QED) is 0.579. The van der Waals surface area contributed by atoms with Gasteiger partial charge in [-0.05, 0) is 31.0 Å². The van der Waals surface area contributed by atoms with Crippen molar-refractivity contribution in [2.45, 2.75) is 37.8 Å². The van der Waals surface area contributed by atoms with E-state index in [2.05, 4.69) is 20.9 Å². The van der Waals surface area contributed by atoms with Gasteiger partial charge in [-0.2, -0.15) is 0 Å². The molecular formula is C18H18Cl3FN4O. The lowest BCUT2D eigenvalue weighted by Crippen LogP contribution is -2.49. The monoisotopic (exact) mass is 430 g/mol. The number of benzene rings is 1. The summed E-state index contributed by atoms with van der Waals surface area (Å²) in [5, 5.41) is 9.78. The van der Waals surface area contributed by atoms with Crippen molar-refractivity contribution in [3.8, 4) is 0 Å². The molecule has 1 aromatic heterocycles. The van der Waals surface area contributed by atoms with Gasteiger partial charge >= 0.3 is 6.03 Å². The molecule has 0 saturated heterocycles. The minimum Gasteiger partial charge on any atom is -0.378 e. The van der Waals surface area contributed by atoms with E-state index < -0.39 is 5.82 Å². The Morgan fingerprint density at radius 2 is 1.70 bits per heavy atom. The zero-order valence-corrected chi connectivity index (χ0v) is 16.5. The summed E-state index contributed by atoms with van der Waals surface area (Å²) in [6, 6.07) is 3.49. The number of hydrogen-bond acceptors (Lipinski definition) is 3. The van der Waals surface area contributed by atoms with Gasteiger partial charge in [0.05, 0.1) is 26.8 Å². The highest BCUT2D eigenvalue weighted by Gasteiger charge is 2.27. The minimum absolute atomic E-state index is 0.0290. The molecule has 1 aromatic carbocycles. The summed E-state index contributed by atoms with van der Waals surface area (Å²) in [6.07, 6.45) is 6.75. The van der Waals surface area contributed by atoms with Crippen molar-refractivity contribution in [1.82, 2.24) is 10.3 Å². The number of carbonyl (C=O) groups excluding carboxylic acids is 1. The number of nitrogens with zero attached hydrogens (tertiary/aromatic N) is 1. The first-order chi connectivity index (χ1) is 12.9. The minimum atomic E-state index is -0.537. The molecule has 1 aliphatic rings. The van der Waals surface area contributed by atoms with Gasteiger partial charge in [0.1, 0.15) is 5.82 Å². The number of halogens is 4. The molecule has 144 valence electrons. The molecule has 3 N–H and O–H groups in total. The topological polar surface area (TPSA) is 66.1 Å². The molecule has 1 aliphatic carbocycles. The summed E-state index contributed by atoms with van der Waals surface area (Å²) < 4.78 is 13.2. The molecule has 0 radical (unpaired) electrons. The molecule has 1 saturated carbocycles. The van der Waals surface area contributed by atoms with Gasteiger partial charge in [-0.1, -0.05) is 47.6 Å². The van der Waals surface area contributed by atoms with E-state index in [0.717, 1.165) is 25.7 Å². The number of nitrogens with one attached hydrogen (secondary N) is 3. The van der Waals surface area contributed by atoms with Crippen molar-refractivity contribution in [3.63, 3.8) is 0 Å². The van der Waals surface area contributed by atoms with Crippen molar-refractivity contribution < 1.29 is 9.18 Å². The second-order valence-corrected chi connectivity index (χ2v) is 7.57. The second-order valence-electron chi connectivity index (χ2n) is 6.35. The zero-order chi connectivity index (χ0) is 19.4. The number of pyridine rings is 1. The Kier molecular flexibility index (Phi) is 6.63. The molecule has 0 bridgehead atoms. The van der Waals surface area contributed by atoms with Crippen LogP contribution in [-0.2, 0) is 0 Å². The Morgan fingerprint density at radius 1 is 1.04 bits per heavy atom. The third-order valence-electron chi connectivity index (χ3n) is 4.44. The predicted molar refractivity (Wildman–Crippen MR) is 107 cm³/mol. The second kappa shape index (κ2) is 8.95. The van der Waals surface area contributed by atoms with Gasteiger partial charge in [-0.25, -0.2) is 9.18 Å². The Labute approximate surface area is 171 Å². The molecular weight excluding hydrogens is 414 g/mol. The van der Waals surface area contributed by atoms with E-state index in [9.17, 15) is 9.18 Å². The highest BCUT2D eigenvalue weighted by Crippen LogP contribution is 2.32. The van der Waals surface area contributed by atoms with Crippen LogP contribution in [0.15, 0.2) is 30.6 Å². The van der Waals surface area contributed by atoms with Crippen LogP contribution >= 0.6 is 34.8 Å². The van der Waals surface area contributed by atoms with E-state index >= 15 is 0 Å². The van der Waals surface area contributed by atoms with Gasteiger partial charge < -0.3 is 16.0 Å². The lowest BCUT2D eigenvalue weighted by atomic mass is 9.90. The molecule has 5 nitrogen and oxygen atoms in total. The van der Waals surface area contributed by atoms with E-state index in [1.54, 1.807) is 0 Å². The molecule has 2 amide bonds. The summed E-state index contributed by atoms with van der Waals surface area (Å²) in [5.41, 5.74) is 1.03. The number of amides is 2. The zero-order valence-electron chi connectivity index (χ0n) is 14.2. The molecule has 2 unspecified atom stereocenters. The molecule has 0 spiro atoms. The number of aromatic nitrogens is 1. The molecule has 2 aromatic rings. The Bertz CT molecular complexity index is 816. The average molecular weight is 432 g/mol. The first kappa shape index (κ1) is 20.0. The van der Waals surface area contributed by atoms with Crippen molar-refractivity contribution in [2.75, 3.05) is 10.6 Å². The van der Waals surface area contributed by atoms with E-state index in [-0.39, 0.29) is 23.1 Å². The van der Waals surface area contributed by atoms with Gasteiger partial charge in [0, 0.05) is 24.1 Å². The largest absolute Gasteiger partial charge is 0.378 e. The van der Waals surface area contributed by atoms with Crippen LogP contribution in [0.2, 0.25) is 15.1 Å². The van der Waals surface area contributed by atoms with Gasteiger partial charge in [-0.3, -0.25) is 4.98 Å². The summed E-state index contributed by atoms with van der Waals surface area (Å²) in [5.74, 6) is -0.537. The van der Waals surface area contributed by atoms with Crippen LogP contribution in [0.3, 0.4) is 0 Å². The Hall–Kier alpha value is -1.76. The van der Waals surface area contributed by atoms with Crippen LogP contribution in [0, 0.1) is 5.82 Å². The number of hydrogen-bond donors (Lipinski definition) is 3. The van der Waals surface area contributed by atoms with Crippen LogP contribution < -0.4 is 16.0 Å². The van der Waals surface area contributed by atoms with Crippen molar-refractivity contribution >= 4 is 52.2 Å². The summed E-state index contributed by atoms with van der Waals surface area (Å²) in [7, 11) is 0. The summed E-state index contributed by atoms with van der Waals surface area (Å²) in [6.45, 7) is 0. The number of carbonyl (C=O) groups is 1. The van der Waals surface area contributed by atoms with E-state index in [1.165, 1.54) is 30.6 Å². The molecule has 1 heterocycles. The van der Waals surface area contributed by atoms with Crippen LogP contribution in [0.1, 0.15) is 25.7 Å². The van der Waals surface area contributed by atoms with Crippen molar-refractivity contribution in [2.24, 2.45) is 0 Å². The number of rotatable bonds is 4. The van der Waals surface area contributed by atoms with Crippen molar-refractivity contribution in [3.05, 3.63) is 51.5 Å². The van der Waals surface area contributed by atoms with Gasteiger partial charge in [0.2, 0.25) is 0 Å². The Balaban J connectivity index is 1.66. The lowest BCUT2D eigenvalue weighted by molar-refractivity contribution is 0.242. The summed E-state index contributed by atoms with van der Waals surface area (Å²) in [4.78, 5) is 16.3. The number of anilines is 2. The van der Waals surface area contributed by atoms with Crippen LogP contribution in [0.4, 0.5) is 20.6 Å². The van der Waals surface area contributed by atoms with E-state index in [0.29, 0.717) is 21.4 Å². The van der Waals surface area contributed by atoms with E-state index in [4.69, 9.17) is 34.8 Å². The standard InChI is InChI=1S/C18H18Cl3FN4O/c19-11-7-10(5-6-14(11)22)24-18(27)26-16-4-2-1-3-15(16)25-17-12(20)8-23-9-13(17)21/h5-9,15-16H,1-4H2,(H,23,25)(H2,24,26,27). The SMILES string of the molecule is O=C(Nc1ccc(F)c(Cl)c1)NC1CCCCC1Nc1c(Cl)cncc1Cl. The predicted octanol–water partition coefficient (Wildman–Crippen LogP) is 5.73. The summed E-state index contributed by atoms with van der Waals surface area (Å²) >= 11 is 18.1. The highest BCUT2D eigenvalue weighted by atomic mass is 35.5. The first-order valence-corrected chi connectivity index (χ1v) is 9.65. The molecule has 0 aliphatic heterocycles. The molecule has 27 heavy (non-hydrogen) atoms. The van der Waals surface area contributed by atoms with Gasteiger partial charge in [-0.15, -0.1) is 0 Å². The van der Waals surface area contributed by atoms with Crippen LogP contribution in [0.25, 0.3) is 0 Å². The fourth-order valence-corrected chi connectivity index (χ4v) is 3.77. The maximum Gasteiger partial charge on any atom is 0.319 e. The number of urea groups is 1. The molecule has 3 rings (SSSR count). The molecule has 9 heteroatoms. The lowest BCUT2D eigenvalue weighted by Gasteiger charge is -2.33. The van der Waals surface area contributed by atoms with Crippen LogP contribution in [0.5, 0.6) is 0 Å². The van der Waals surface area contributed by atoms with Gasteiger partial charge in [0.15, 0.2) is 0 Å². The fraction of sp³-hybridized carbons (Fsp3) is 0.333. The molecule has 1 fully saturated rings. The average Bonchev–Trinajstić information content (AvgIpc) is 2.63. The Morgan fingerprint density at radius 3 is 2.37 bits per heavy atom. The normalized spacial score (nSPS) is 19.4. The molecule has 2 atom stereocenters. The van der Waals surface area contributed by atoms with Crippen molar-refractivity contribution in [1.29, 1.82) is 0 Å². The fourth-order valence-electron chi connectivity index (χ4n) is 3.12. The maximum absolute atomic E-state index is 13.2. The smallest absolute Gasteiger partial charge is 0.319 e. The third kappa shape index (κ3) is 5.15.